The van der Waals surface area contributed by atoms with Gasteiger partial charge in [-0.2, -0.15) is 0 Å². The van der Waals surface area contributed by atoms with E-state index in [0.29, 0.717) is 6.04 Å². The van der Waals surface area contributed by atoms with Crippen LogP contribution in [0.5, 0.6) is 0 Å². The second-order valence-electron chi connectivity index (χ2n) is 4.90. The Morgan fingerprint density at radius 3 is 2.82 bits per heavy atom. The molecule has 0 spiro atoms. The molecule has 1 fully saturated rings. The molecule has 1 aliphatic rings. The SMILES string of the molecule is Cc1nccc(NC(C)CN2CCCCC2)n1. The largest absolute Gasteiger partial charge is 0.366 e. The van der Waals surface area contributed by atoms with E-state index in [1.54, 1.807) is 6.20 Å². The van der Waals surface area contributed by atoms with Gasteiger partial charge in [0.1, 0.15) is 11.6 Å². The van der Waals surface area contributed by atoms with Crippen LogP contribution < -0.4 is 5.32 Å². The van der Waals surface area contributed by atoms with Crippen LogP contribution in [0.15, 0.2) is 12.3 Å². The first-order valence-electron chi connectivity index (χ1n) is 6.52. The van der Waals surface area contributed by atoms with E-state index in [1.165, 1.54) is 32.4 Å². The average Bonchev–Trinajstić information content (AvgIpc) is 2.30. The van der Waals surface area contributed by atoms with Gasteiger partial charge in [0.2, 0.25) is 0 Å². The van der Waals surface area contributed by atoms with Crippen LogP contribution in [-0.4, -0.2) is 40.5 Å². The van der Waals surface area contributed by atoms with E-state index in [4.69, 9.17) is 0 Å². The zero-order valence-electron chi connectivity index (χ0n) is 10.8. The molecule has 0 saturated carbocycles. The fraction of sp³-hybridized carbons (Fsp3) is 0.692. The summed E-state index contributed by atoms with van der Waals surface area (Å²) in [6.07, 6.45) is 5.89. The maximum atomic E-state index is 4.37. The lowest BCUT2D eigenvalue weighted by molar-refractivity contribution is 0.223. The molecule has 1 aliphatic heterocycles. The molecule has 17 heavy (non-hydrogen) atoms. The van der Waals surface area contributed by atoms with Crippen LogP contribution in [0.2, 0.25) is 0 Å². The van der Waals surface area contributed by atoms with Crippen LogP contribution in [0.1, 0.15) is 32.0 Å². The van der Waals surface area contributed by atoms with Crippen molar-refractivity contribution in [2.45, 2.75) is 39.2 Å². The Bertz CT molecular complexity index is 347. The van der Waals surface area contributed by atoms with E-state index >= 15 is 0 Å². The summed E-state index contributed by atoms with van der Waals surface area (Å²) in [4.78, 5) is 11.0. The second-order valence-corrected chi connectivity index (χ2v) is 4.90. The summed E-state index contributed by atoms with van der Waals surface area (Å²) in [7, 11) is 0. The Hall–Kier alpha value is -1.16. The molecule has 0 radical (unpaired) electrons. The van der Waals surface area contributed by atoms with Gasteiger partial charge in [-0.3, -0.25) is 0 Å². The summed E-state index contributed by atoms with van der Waals surface area (Å²) >= 11 is 0. The van der Waals surface area contributed by atoms with Gasteiger partial charge in [0.05, 0.1) is 0 Å². The lowest BCUT2D eigenvalue weighted by Gasteiger charge is -2.29. The lowest BCUT2D eigenvalue weighted by Crippen LogP contribution is -2.38. The van der Waals surface area contributed by atoms with Crippen LogP contribution in [0.25, 0.3) is 0 Å². The molecular weight excluding hydrogens is 212 g/mol. The van der Waals surface area contributed by atoms with Gasteiger partial charge in [-0.1, -0.05) is 6.42 Å². The number of aromatic nitrogens is 2. The zero-order chi connectivity index (χ0) is 12.1. The molecule has 0 bridgehead atoms. The molecule has 2 rings (SSSR count). The van der Waals surface area contributed by atoms with Crippen molar-refractivity contribution >= 4 is 5.82 Å². The minimum atomic E-state index is 0.433. The Labute approximate surface area is 103 Å². The van der Waals surface area contributed by atoms with E-state index in [9.17, 15) is 0 Å². The fourth-order valence-electron chi connectivity index (χ4n) is 2.36. The maximum Gasteiger partial charge on any atom is 0.129 e. The topological polar surface area (TPSA) is 41.1 Å². The van der Waals surface area contributed by atoms with Crippen molar-refractivity contribution in [2.75, 3.05) is 25.0 Å². The molecule has 1 atom stereocenters. The van der Waals surface area contributed by atoms with E-state index in [1.807, 2.05) is 13.0 Å². The van der Waals surface area contributed by atoms with Crippen molar-refractivity contribution in [3.63, 3.8) is 0 Å². The highest BCUT2D eigenvalue weighted by molar-refractivity contribution is 5.33. The standard InChI is InChI=1S/C13H22N4/c1-11(10-17-8-4-3-5-9-17)15-13-6-7-14-12(2)16-13/h6-7,11H,3-5,8-10H2,1-2H3,(H,14,15,16). The normalized spacial score (nSPS) is 18.9. The highest BCUT2D eigenvalue weighted by Gasteiger charge is 2.13. The van der Waals surface area contributed by atoms with Crippen molar-refractivity contribution in [1.29, 1.82) is 0 Å². The summed E-state index contributed by atoms with van der Waals surface area (Å²) < 4.78 is 0. The van der Waals surface area contributed by atoms with Crippen LogP contribution in [-0.2, 0) is 0 Å². The van der Waals surface area contributed by atoms with Crippen LogP contribution in [0, 0.1) is 6.92 Å². The third kappa shape index (κ3) is 3.97. The van der Waals surface area contributed by atoms with Crippen molar-refractivity contribution in [3.8, 4) is 0 Å². The monoisotopic (exact) mass is 234 g/mol. The first-order chi connectivity index (χ1) is 8.24. The number of rotatable bonds is 4. The van der Waals surface area contributed by atoms with Gasteiger partial charge in [-0.05, 0) is 45.8 Å². The Morgan fingerprint density at radius 1 is 1.35 bits per heavy atom. The molecule has 0 aliphatic carbocycles. The molecule has 1 saturated heterocycles. The van der Waals surface area contributed by atoms with Crippen molar-refractivity contribution in [1.82, 2.24) is 14.9 Å². The third-order valence-electron chi connectivity index (χ3n) is 3.15. The lowest BCUT2D eigenvalue weighted by atomic mass is 10.1. The van der Waals surface area contributed by atoms with E-state index in [0.717, 1.165) is 18.2 Å². The van der Waals surface area contributed by atoms with Gasteiger partial charge in [-0.25, -0.2) is 9.97 Å². The molecule has 2 heterocycles. The van der Waals surface area contributed by atoms with E-state index in [2.05, 4.69) is 27.1 Å². The summed E-state index contributed by atoms with van der Waals surface area (Å²) in [6, 6.07) is 2.36. The number of nitrogens with zero attached hydrogens (tertiary/aromatic N) is 3. The van der Waals surface area contributed by atoms with Crippen molar-refractivity contribution < 1.29 is 0 Å². The molecule has 1 N–H and O–H groups in total. The maximum absolute atomic E-state index is 4.37. The molecule has 0 amide bonds. The van der Waals surface area contributed by atoms with Gasteiger partial charge in [0, 0.05) is 18.8 Å². The smallest absolute Gasteiger partial charge is 0.129 e. The van der Waals surface area contributed by atoms with Gasteiger partial charge >= 0.3 is 0 Å². The number of aryl methyl sites for hydroxylation is 1. The number of hydrogen-bond acceptors (Lipinski definition) is 4. The van der Waals surface area contributed by atoms with E-state index < -0.39 is 0 Å². The number of hydrogen-bond donors (Lipinski definition) is 1. The molecule has 1 unspecified atom stereocenters. The molecule has 94 valence electrons. The van der Waals surface area contributed by atoms with Gasteiger partial charge in [0.15, 0.2) is 0 Å². The second kappa shape index (κ2) is 5.96. The van der Waals surface area contributed by atoms with E-state index in [-0.39, 0.29) is 0 Å². The Balaban J connectivity index is 1.82. The van der Waals surface area contributed by atoms with Gasteiger partial charge < -0.3 is 10.2 Å². The summed E-state index contributed by atoms with van der Waals surface area (Å²) in [6.45, 7) is 7.72. The molecule has 1 aromatic rings. The number of anilines is 1. The van der Waals surface area contributed by atoms with Crippen molar-refractivity contribution in [3.05, 3.63) is 18.1 Å². The summed E-state index contributed by atoms with van der Waals surface area (Å²) in [5.41, 5.74) is 0. The molecule has 4 heteroatoms. The van der Waals surface area contributed by atoms with Crippen molar-refractivity contribution in [2.24, 2.45) is 0 Å². The molecular formula is C13H22N4. The van der Waals surface area contributed by atoms with Gasteiger partial charge in [-0.15, -0.1) is 0 Å². The molecule has 4 nitrogen and oxygen atoms in total. The predicted octanol–water partition coefficient (Wildman–Crippen LogP) is 2.07. The zero-order valence-corrected chi connectivity index (χ0v) is 10.8. The number of nitrogens with one attached hydrogen (secondary N) is 1. The van der Waals surface area contributed by atoms with Crippen LogP contribution in [0.3, 0.4) is 0 Å². The minimum Gasteiger partial charge on any atom is -0.366 e. The minimum absolute atomic E-state index is 0.433. The third-order valence-corrected chi connectivity index (χ3v) is 3.15. The fourth-order valence-corrected chi connectivity index (χ4v) is 2.36. The highest BCUT2D eigenvalue weighted by Crippen LogP contribution is 2.10. The first-order valence-corrected chi connectivity index (χ1v) is 6.52. The summed E-state index contributed by atoms with van der Waals surface area (Å²) in [5, 5.41) is 3.44. The number of piperidine rings is 1. The van der Waals surface area contributed by atoms with Crippen LogP contribution in [0.4, 0.5) is 5.82 Å². The summed E-state index contributed by atoms with van der Waals surface area (Å²) in [5.74, 6) is 1.75. The molecule has 1 aromatic heterocycles. The first kappa shape index (κ1) is 12.3. The average molecular weight is 234 g/mol. The quantitative estimate of drug-likeness (QED) is 0.866. The van der Waals surface area contributed by atoms with Crippen LogP contribution >= 0.6 is 0 Å². The number of likely N-dealkylation sites (tertiary alicyclic amines) is 1. The van der Waals surface area contributed by atoms with Gasteiger partial charge in [0.25, 0.3) is 0 Å². The molecule has 0 aromatic carbocycles. The Morgan fingerprint density at radius 2 is 2.12 bits per heavy atom. The predicted molar refractivity (Wildman–Crippen MR) is 70.1 cm³/mol. The highest BCUT2D eigenvalue weighted by atomic mass is 15.2. The Kier molecular flexibility index (Phi) is 4.31.